The van der Waals surface area contributed by atoms with E-state index in [9.17, 15) is 4.79 Å². The van der Waals surface area contributed by atoms with Crippen LogP contribution in [0.5, 0.6) is 5.75 Å². The molecule has 1 fully saturated rings. The number of piperazine rings is 1. The van der Waals surface area contributed by atoms with Crippen LogP contribution in [-0.4, -0.2) is 43.6 Å². The van der Waals surface area contributed by atoms with Crippen molar-refractivity contribution in [2.24, 2.45) is 0 Å². The van der Waals surface area contributed by atoms with Crippen molar-refractivity contribution in [2.75, 3.05) is 37.7 Å². The smallest absolute Gasteiger partial charge is 0.257 e. The third-order valence-electron chi connectivity index (χ3n) is 4.32. The van der Waals surface area contributed by atoms with Gasteiger partial charge < -0.3 is 14.5 Å². The van der Waals surface area contributed by atoms with Crippen LogP contribution in [0.25, 0.3) is 0 Å². The number of rotatable bonds is 5. The number of carbonyl (C=O) groups excluding carboxylic acids is 1. The molecule has 0 bridgehead atoms. The van der Waals surface area contributed by atoms with E-state index >= 15 is 0 Å². The number of carbonyl (C=O) groups is 1. The number of para-hydroxylation sites is 1. The summed E-state index contributed by atoms with van der Waals surface area (Å²) in [6, 6.07) is 16.0. The third-order valence-corrected chi connectivity index (χ3v) is 4.82. The lowest BCUT2D eigenvalue weighted by Crippen LogP contribution is -2.48. The zero-order valence-corrected chi connectivity index (χ0v) is 16.0. The summed E-state index contributed by atoms with van der Waals surface area (Å²) in [6.07, 6.45) is 0.916. The fourth-order valence-electron chi connectivity index (χ4n) is 2.98. The topological polar surface area (TPSA) is 32.8 Å². The minimum Gasteiger partial charge on any atom is -0.493 e. The fourth-order valence-corrected chi connectivity index (χ4v) is 3.35. The Morgan fingerprint density at radius 2 is 1.80 bits per heavy atom. The molecule has 0 saturated carbocycles. The maximum absolute atomic E-state index is 13.0. The van der Waals surface area contributed by atoms with Crippen LogP contribution in [0.3, 0.4) is 0 Å². The number of hydrogen-bond acceptors (Lipinski definition) is 3. The largest absolute Gasteiger partial charge is 0.493 e. The van der Waals surface area contributed by atoms with E-state index in [0.29, 0.717) is 31.0 Å². The van der Waals surface area contributed by atoms with Crippen LogP contribution in [0.4, 0.5) is 5.69 Å². The van der Waals surface area contributed by atoms with E-state index in [4.69, 9.17) is 4.74 Å². The van der Waals surface area contributed by atoms with Crippen molar-refractivity contribution >= 4 is 27.5 Å². The van der Waals surface area contributed by atoms with E-state index in [1.807, 2.05) is 41.3 Å². The molecule has 0 unspecified atom stereocenters. The Bertz CT molecular complexity index is 713. The van der Waals surface area contributed by atoms with Gasteiger partial charge in [0.1, 0.15) is 5.75 Å². The number of amides is 1. The highest BCUT2D eigenvalue weighted by molar-refractivity contribution is 9.10. The maximum atomic E-state index is 13.0. The maximum Gasteiger partial charge on any atom is 0.257 e. The molecule has 0 aliphatic carbocycles. The summed E-state index contributed by atoms with van der Waals surface area (Å²) >= 11 is 3.46. The van der Waals surface area contributed by atoms with Crippen molar-refractivity contribution in [1.29, 1.82) is 0 Å². The van der Waals surface area contributed by atoms with Crippen LogP contribution >= 0.6 is 15.9 Å². The first-order valence-corrected chi connectivity index (χ1v) is 9.50. The molecule has 4 nitrogen and oxygen atoms in total. The van der Waals surface area contributed by atoms with E-state index < -0.39 is 0 Å². The van der Waals surface area contributed by atoms with Gasteiger partial charge in [-0.25, -0.2) is 0 Å². The molecule has 2 aromatic rings. The van der Waals surface area contributed by atoms with Crippen molar-refractivity contribution in [1.82, 2.24) is 4.90 Å². The van der Waals surface area contributed by atoms with Crippen LogP contribution < -0.4 is 9.64 Å². The van der Waals surface area contributed by atoms with E-state index in [0.717, 1.165) is 24.0 Å². The highest BCUT2D eigenvalue weighted by Crippen LogP contribution is 2.26. The van der Waals surface area contributed by atoms with E-state index in [-0.39, 0.29) is 5.91 Å². The first-order valence-electron chi connectivity index (χ1n) is 8.70. The quantitative estimate of drug-likeness (QED) is 0.750. The van der Waals surface area contributed by atoms with Crippen LogP contribution in [-0.2, 0) is 0 Å². The van der Waals surface area contributed by atoms with Gasteiger partial charge in [0.25, 0.3) is 5.91 Å². The predicted molar refractivity (Wildman–Crippen MR) is 104 cm³/mol. The first kappa shape index (κ1) is 17.8. The second kappa shape index (κ2) is 8.39. The third kappa shape index (κ3) is 4.34. The van der Waals surface area contributed by atoms with Gasteiger partial charge in [0.15, 0.2) is 0 Å². The van der Waals surface area contributed by atoms with Crippen LogP contribution in [0.2, 0.25) is 0 Å². The molecule has 2 aromatic carbocycles. The molecule has 0 radical (unpaired) electrons. The zero-order chi connectivity index (χ0) is 17.6. The number of halogens is 1. The van der Waals surface area contributed by atoms with Gasteiger partial charge in [0, 0.05) is 36.3 Å². The molecule has 0 atom stereocenters. The van der Waals surface area contributed by atoms with Crippen LogP contribution in [0, 0.1) is 0 Å². The van der Waals surface area contributed by atoms with Crippen molar-refractivity contribution in [3.05, 3.63) is 58.6 Å². The Kier molecular flexibility index (Phi) is 5.97. The van der Waals surface area contributed by atoms with Crippen molar-refractivity contribution in [3.63, 3.8) is 0 Å². The Balaban J connectivity index is 1.69. The minimum atomic E-state index is 0.0418. The molecule has 0 N–H and O–H groups in total. The van der Waals surface area contributed by atoms with Gasteiger partial charge in [-0.05, 0) is 36.8 Å². The summed E-state index contributed by atoms with van der Waals surface area (Å²) in [5.74, 6) is 0.709. The van der Waals surface area contributed by atoms with Crippen LogP contribution in [0.15, 0.2) is 53.0 Å². The molecule has 1 amide bonds. The summed E-state index contributed by atoms with van der Waals surface area (Å²) in [6.45, 7) is 5.79. The Hall–Kier alpha value is -2.01. The van der Waals surface area contributed by atoms with E-state index in [1.165, 1.54) is 5.69 Å². The van der Waals surface area contributed by atoms with Gasteiger partial charge in [-0.1, -0.05) is 41.1 Å². The van der Waals surface area contributed by atoms with Gasteiger partial charge in [-0.2, -0.15) is 0 Å². The summed E-state index contributed by atoms with van der Waals surface area (Å²) < 4.78 is 6.66. The Morgan fingerprint density at radius 3 is 2.48 bits per heavy atom. The molecule has 1 aliphatic rings. The molecular formula is C20H23BrN2O2. The Morgan fingerprint density at radius 1 is 1.08 bits per heavy atom. The SMILES string of the molecule is CCCOc1ccc(Br)cc1C(=O)N1CCN(c2ccccc2)CC1. The molecule has 3 rings (SSSR count). The molecule has 0 spiro atoms. The first-order chi connectivity index (χ1) is 12.2. The lowest BCUT2D eigenvalue weighted by atomic mass is 10.1. The summed E-state index contributed by atoms with van der Waals surface area (Å²) in [5.41, 5.74) is 1.85. The second-order valence-electron chi connectivity index (χ2n) is 6.10. The number of anilines is 1. The Labute approximate surface area is 157 Å². The highest BCUT2D eigenvalue weighted by Gasteiger charge is 2.24. The number of benzene rings is 2. The zero-order valence-electron chi connectivity index (χ0n) is 14.5. The van der Waals surface area contributed by atoms with Crippen molar-refractivity contribution in [2.45, 2.75) is 13.3 Å². The molecule has 1 heterocycles. The average molecular weight is 403 g/mol. The molecule has 25 heavy (non-hydrogen) atoms. The van der Waals surface area contributed by atoms with Crippen molar-refractivity contribution in [3.8, 4) is 5.75 Å². The average Bonchev–Trinajstić information content (AvgIpc) is 2.67. The fraction of sp³-hybridized carbons (Fsp3) is 0.350. The summed E-state index contributed by atoms with van der Waals surface area (Å²) in [4.78, 5) is 17.2. The van der Waals surface area contributed by atoms with E-state index in [2.05, 4.69) is 39.9 Å². The number of nitrogens with zero attached hydrogens (tertiary/aromatic N) is 2. The lowest BCUT2D eigenvalue weighted by molar-refractivity contribution is 0.0742. The highest BCUT2D eigenvalue weighted by atomic mass is 79.9. The predicted octanol–water partition coefficient (Wildman–Crippen LogP) is 4.20. The molecule has 5 heteroatoms. The number of ether oxygens (including phenoxy) is 1. The molecule has 132 valence electrons. The van der Waals surface area contributed by atoms with Gasteiger partial charge in [-0.3, -0.25) is 4.79 Å². The van der Waals surface area contributed by atoms with Crippen LogP contribution in [0.1, 0.15) is 23.7 Å². The standard InChI is InChI=1S/C20H23BrN2O2/c1-2-14-25-19-9-8-16(21)15-18(19)20(24)23-12-10-22(11-13-23)17-6-4-3-5-7-17/h3-9,15H,2,10-14H2,1H3. The lowest BCUT2D eigenvalue weighted by Gasteiger charge is -2.36. The van der Waals surface area contributed by atoms with Crippen molar-refractivity contribution < 1.29 is 9.53 Å². The second-order valence-corrected chi connectivity index (χ2v) is 7.02. The molecule has 1 aliphatic heterocycles. The normalized spacial score (nSPS) is 14.5. The number of hydrogen-bond donors (Lipinski definition) is 0. The summed E-state index contributed by atoms with van der Waals surface area (Å²) in [5, 5.41) is 0. The van der Waals surface area contributed by atoms with Gasteiger partial charge in [-0.15, -0.1) is 0 Å². The summed E-state index contributed by atoms with van der Waals surface area (Å²) in [7, 11) is 0. The molecular weight excluding hydrogens is 380 g/mol. The monoisotopic (exact) mass is 402 g/mol. The molecule has 1 saturated heterocycles. The minimum absolute atomic E-state index is 0.0418. The molecule has 0 aromatic heterocycles. The van der Waals surface area contributed by atoms with Gasteiger partial charge in [0.2, 0.25) is 0 Å². The van der Waals surface area contributed by atoms with Gasteiger partial charge >= 0.3 is 0 Å². The van der Waals surface area contributed by atoms with E-state index in [1.54, 1.807) is 0 Å². The van der Waals surface area contributed by atoms with Gasteiger partial charge in [0.05, 0.1) is 12.2 Å².